The van der Waals surface area contributed by atoms with Crippen molar-refractivity contribution in [2.75, 3.05) is 0 Å². The molecule has 0 amide bonds. The summed E-state index contributed by atoms with van der Waals surface area (Å²) in [6.07, 6.45) is -1.64. The maximum Gasteiger partial charge on any atom is 0.416 e. The molecular weight excluding hydrogens is 239 g/mol. The fraction of sp³-hybridized carbons (Fsp3) is 0.571. The Morgan fingerprint density at radius 3 is 2.00 bits per heavy atom. The second kappa shape index (κ2) is 3.98. The van der Waals surface area contributed by atoms with Gasteiger partial charge in [0, 0.05) is 5.54 Å². The summed E-state index contributed by atoms with van der Waals surface area (Å²) in [6, 6.07) is 5.28. The van der Waals surface area contributed by atoms with Gasteiger partial charge in [-0.1, -0.05) is 26.0 Å². The molecule has 18 heavy (non-hydrogen) atoms. The first-order chi connectivity index (χ1) is 8.12. The molecule has 1 aromatic rings. The maximum absolute atomic E-state index is 12.5. The van der Waals surface area contributed by atoms with Gasteiger partial charge in [-0.3, -0.25) is 0 Å². The smallest absolute Gasteiger partial charge is 0.321 e. The highest BCUT2D eigenvalue weighted by Gasteiger charge is 2.41. The van der Waals surface area contributed by atoms with E-state index in [1.165, 1.54) is 12.1 Å². The lowest BCUT2D eigenvalue weighted by molar-refractivity contribution is -0.137. The van der Waals surface area contributed by atoms with E-state index < -0.39 is 17.3 Å². The van der Waals surface area contributed by atoms with Crippen LogP contribution in [0.2, 0.25) is 0 Å². The van der Waals surface area contributed by atoms with Crippen LogP contribution in [0.25, 0.3) is 0 Å². The molecule has 1 fully saturated rings. The highest BCUT2D eigenvalue weighted by molar-refractivity contribution is 5.31. The molecule has 0 saturated heterocycles. The summed E-state index contributed by atoms with van der Waals surface area (Å²) in [5, 5.41) is 0. The lowest BCUT2D eigenvalue weighted by atomic mass is 9.84. The Labute approximate surface area is 105 Å². The minimum absolute atomic E-state index is 0.164. The van der Waals surface area contributed by atoms with Crippen molar-refractivity contribution in [2.45, 2.75) is 44.8 Å². The van der Waals surface area contributed by atoms with E-state index in [1.807, 2.05) is 0 Å². The topological polar surface area (TPSA) is 26.0 Å². The van der Waals surface area contributed by atoms with Crippen molar-refractivity contribution in [1.29, 1.82) is 0 Å². The molecule has 0 heterocycles. The molecule has 1 nitrogen and oxygen atoms in total. The number of benzene rings is 1. The minimum Gasteiger partial charge on any atom is -0.321 e. The lowest BCUT2D eigenvalue weighted by Crippen LogP contribution is -2.34. The van der Waals surface area contributed by atoms with Crippen molar-refractivity contribution in [3.8, 4) is 0 Å². The van der Waals surface area contributed by atoms with E-state index in [2.05, 4.69) is 13.8 Å². The van der Waals surface area contributed by atoms with Gasteiger partial charge >= 0.3 is 6.18 Å². The molecule has 1 aliphatic rings. The summed E-state index contributed by atoms with van der Waals surface area (Å²) >= 11 is 0. The first-order valence-corrected chi connectivity index (χ1v) is 6.09. The van der Waals surface area contributed by atoms with Gasteiger partial charge in [0.05, 0.1) is 5.56 Å². The quantitative estimate of drug-likeness (QED) is 0.806. The minimum atomic E-state index is -4.28. The van der Waals surface area contributed by atoms with Crippen molar-refractivity contribution in [2.24, 2.45) is 11.1 Å². The van der Waals surface area contributed by atoms with E-state index in [0.717, 1.165) is 37.0 Å². The molecule has 100 valence electrons. The molecule has 2 N–H and O–H groups in total. The van der Waals surface area contributed by atoms with Crippen LogP contribution in [0.5, 0.6) is 0 Å². The van der Waals surface area contributed by atoms with E-state index in [9.17, 15) is 13.2 Å². The Bertz CT molecular complexity index is 433. The van der Waals surface area contributed by atoms with Gasteiger partial charge in [0.15, 0.2) is 0 Å². The third kappa shape index (κ3) is 2.53. The second-order valence-electron chi connectivity index (χ2n) is 6.07. The van der Waals surface area contributed by atoms with E-state index in [1.54, 1.807) is 0 Å². The van der Waals surface area contributed by atoms with Crippen LogP contribution in [0.15, 0.2) is 24.3 Å². The van der Waals surface area contributed by atoms with Gasteiger partial charge in [-0.2, -0.15) is 13.2 Å². The lowest BCUT2D eigenvalue weighted by Gasteiger charge is -2.27. The molecule has 4 heteroatoms. The Kier molecular flexibility index (Phi) is 2.97. The van der Waals surface area contributed by atoms with Crippen LogP contribution in [0.3, 0.4) is 0 Å². The first kappa shape index (κ1) is 13.4. The largest absolute Gasteiger partial charge is 0.416 e. The molecule has 0 bridgehead atoms. The van der Waals surface area contributed by atoms with Crippen LogP contribution in [-0.2, 0) is 11.7 Å². The summed E-state index contributed by atoms with van der Waals surface area (Å²) in [5.74, 6) is 0. The predicted octanol–water partition coefficient (Wildman–Crippen LogP) is 4.07. The number of hydrogen-bond acceptors (Lipinski definition) is 1. The van der Waals surface area contributed by atoms with E-state index in [4.69, 9.17) is 5.73 Å². The van der Waals surface area contributed by atoms with Gasteiger partial charge in [0.2, 0.25) is 0 Å². The molecule has 1 aromatic carbocycles. The van der Waals surface area contributed by atoms with E-state index >= 15 is 0 Å². The average molecular weight is 257 g/mol. The van der Waals surface area contributed by atoms with Crippen molar-refractivity contribution in [3.63, 3.8) is 0 Å². The standard InChI is InChI=1S/C14H18F3N/c1-12(2)7-8-13(18,9-12)10-3-5-11(6-4-10)14(15,16)17/h3-6H,7-9,18H2,1-2H3. The highest BCUT2D eigenvalue weighted by Crippen LogP contribution is 2.47. The Morgan fingerprint density at radius 1 is 1.06 bits per heavy atom. The van der Waals surface area contributed by atoms with Crippen molar-refractivity contribution in [1.82, 2.24) is 0 Å². The molecular formula is C14H18F3N. The van der Waals surface area contributed by atoms with Crippen molar-refractivity contribution < 1.29 is 13.2 Å². The third-order valence-corrected chi connectivity index (χ3v) is 3.83. The van der Waals surface area contributed by atoms with E-state index in [-0.39, 0.29) is 5.41 Å². The van der Waals surface area contributed by atoms with Crippen LogP contribution in [0.4, 0.5) is 13.2 Å². The monoisotopic (exact) mass is 257 g/mol. The molecule has 1 unspecified atom stereocenters. The zero-order valence-electron chi connectivity index (χ0n) is 10.6. The van der Waals surface area contributed by atoms with Gasteiger partial charge in [0.25, 0.3) is 0 Å². The number of hydrogen-bond donors (Lipinski definition) is 1. The number of alkyl halides is 3. The normalized spacial score (nSPS) is 27.4. The first-order valence-electron chi connectivity index (χ1n) is 6.09. The fourth-order valence-corrected chi connectivity index (χ4v) is 2.83. The number of rotatable bonds is 1. The average Bonchev–Trinajstić information content (AvgIpc) is 2.53. The Morgan fingerprint density at radius 2 is 1.61 bits per heavy atom. The summed E-state index contributed by atoms with van der Waals surface area (Å²) in [5.41, 5.74) is 6.21. The highest BCUT2D eigenvalue weighted by atomic mass is 19.4. The van der Waals surface area contributed by atoms with Crippen LogP contribution >= 0.6 is 0 Å². The number of halogens is 3. The van der Waals surface area contributed by atoms with Crippen molar-refractivity contribution in [3.05, 3.63) is 35.4 Å². The van der Waals surface area contributed by atoms with Gasteiger partial charge in [-0.05, 0) is 42.4 Å². The molecule has 0 spiro atoms. The summed E-state index contributed by atoms with van der Waals surface area (Å²) in [6.45, 7) is 4.29. The SMILES string of the molecule is CC1(C)CCC(N)(c2ccc(C(F)(F)F)cc2)C1. The molecule has 2 rings (SSSR count). The van der Waals surface area contributed by atoms with Gasteiger partial charge in [-0.25, -0.2) is 0 Å². The van der Waals surface area contributed by atoms with Gasteiger partial charge in [-0.15, -0.1) is 0 Å². The Balaban J connectivity index is 2.26. The van der Waals surface area contributed by atoms with Gasteiger partial charge < -0.3 is 5.73 Å². The molecule has 1 aliphatic carbocycles. The second-order valence-corrected chi connectivity index (χ2v) is 6.07. The molecule has 0 aliphatic heterocycles. The van der Waals surface area contributed by atoms with Crippen LogP contribution < -0.4 is 5.73 Å². The van der Waals surface area contributed by atoms with Crippen LogP contribution in [-0.4, -0.2) is 0 Å². The maximum atomic E-state index is 12.5. The van der Waals surface area contributed by atoms with Gasteiger partial charge in [0.1, 0.15) is 0 Å². The molecule has 1 atom stereocenters. The van der Waals surface area contributed by atoms with Crippen molar-refractivity contribution >= 4 is 0 Å². The van der Waals surface area contributed by atoms with E-state index in [0.29, 0.717) is 0 Å². The zero-order valence-corrected chi connectivity index (χ0v) is 10.6. The molecule has 1 saturated carbocycles. The fourth-order valence-electron chi connectivity index (χ4n) is 2.83. The summed E-state index contributed by atoms with van der Waals surface area (Å²) in [4.78, 5) is 0. The molecule has 0 aromatic heterocycles. The summed E-state index contributed by atoms with van der Waals surface area (Å²) in [7, 11) is 0. The Hall–Kier alpha value is -1.03. The number of nitrogens with two attached hydrogens (primary N) is 1. The predicted molar refractivity (Wildman–Crippen MR) is 64.9 cm³/mol. The summed E-state index contributed by atoms with van der Waals surface area (Å²) < 4.78 is 37.5. The van der Waals surface area contributed by atoms with Crippen LogP contribution in [0, 0.1) is 5.41 Å². The third-order valence-electron chi connectivity index (χ3n) is 3.83. The van der Waals surface area contributed by atoms with Crippen LogP contribution in [0.1, 0.15) is 44.2 Å². The zero-order chi connectivity index (χ0) is 13.6. The molecule has 0 radical (unpaired) electrons.